The van der Waals surface area contributed by atoms with E-state index in [4.69, 9.17) is 11.0 Å². The Balaban J connectivity index is 3.39. The van der Waals surface area contributed by atoms with Crippen LogP contribution >= 0.6 is 0 Å². The van der Waals surface area contributed by atoms with E-state index in [0.29, 0.717) is 0 Å². The Kier molecular flexibility index (Phi) is 2.62. The van der Waals surface area contributed by atoms with Gasteiger partial charge in [-0.1, -0.05) is 0 Å². The fourth-order valence-electron chi connectivity index (χ4n) is 1.07. The topological polar surface area (TPSA) is 93.0 Å². The Labute approximate surface area is 78.7 Å². The predicted octanol–water partition coefficient (Wildman–Crippen LogP) is 1.38. The van der Waals surface area contributed by atoms with Crippen molar-refractivity contribution in [3.05, 3.63) is 33.6 Å². The van der Waals surface area contributed by atoms with Crippen LogP contribution in [0.15, 0.2) is 12.1 Å². The average molecular weight is 195 g/mol. The molecule has 0 saturated heterocycles. The van der Waals surface area contributed by atoms with Crippen molar-refractivity contribution in [3.8, 4) is 6.07 Å². The number of hydrogen-bond donors (Lipinski definition) is 1. The first-order valence-electron chi connectivity index (χ1n) is 3.66. The second-order valence-corrected chi connectivity index (χ2v) is 2.56. The van der Waals surface area contributed by atoms with E-state index in [-0.39, 0.29) is 12.0 Å². The summed E-state index contributed by atoms with van der Waals surface area (Å²) in [5.74, 6) is -0.849. The summed E-state index contributed by atoms with van der Waals surface area (Å²) in [4.78, 5) is 9.73. The second-order valence-electron chi connectivity index (χ2n) is 2.56. The van der Waals surface area contributed by atoms with Gasteiger partial charge in [0, 0.05) is 5.56 Å². The maximum atomic E-state index is 12.8. The number of benzene rings is 1. The van der Waals surface area contributed by atoms with Crippen LogP contribution in [0, 0.1) is 27.3 Å². The molecule has 1 rings (SSSR count). The Bertz CT molecular complexity index is 425. The van der Waals surface area contributed by atoms with E-state index in [9.17, 15) is 14.5 Å². The minimum atomic E-state index is -0.849. The van der Waals surface area contributed by atoms with Gasteiger partial charge in [0.25, 0.3) is 5.69 Å². The van der Waals surface area contributed by atoms with Crippen LogP contribution in [0.4, 0.5) is 15.8 Å². The molecule has 2 N–H and O–H groups in total. The molecule has 0 heterocycles. The van der Waals surface area contributed by atoms with Gasteiger partial charge >= 0.3 is 0 Å². The predicted molar refractivity (Wildman–Crippen MR) is 46.8 cm³/mol. The molecule has 0 aliphatic rings. The van der Waals surface area contributed by atoms with Crippen molar-refractivity contribution in [3.63, 3.8) is 0 Å². The third kappa shape index (κ3) is 1.61. The smallest absolute Gasteiger partial charge is 0.299 e. The van der Waals surface area contributed by atoms with E-state index in [2.05, 4.69) is 0 Å². The lowest BCUT2D eigenvalue weighted by atomic mass is 10.1. The number of nitrogen functional groups attached to an aromatic ring is 1. The first kappa shape index (κ1) is 9.92. The summed E-state index contributed by atoms with van der Waals surface area (Å²) in [6.45, 7) is 0. The fraction of sp³-hybridized carbons (Fsp3) is 0.125. The van der Waals surface area contributed by atoms with E-state index in [1.165, 1.54) is 6.07 Å². The summed E-state index contributed by atoms with van der Waals surface area (Å²) in [6.07, 6.45) is -0.166. The van der Waals surface area contributed by atoms with E-state index in [1.54, 1.807) is 6.07 Å². The maximum Gasteiger partial charge on any atom is 0.299 e. The number of rotatable bonds is 2. The molecule has 0 bridgehead atoms. The van der Waals surface area contributed by atoms with Gasteiger partial charge in [0.15, 0.2) is 5.82 Å². The van der Waals surface area contributed by atoms with Crippen molar-refractivity contribution < 1.29 is 9.31 Å². The van der Waals surface area contributed by atoms with Crippen LogP contribution in [0.25, 0.3) is 0 Å². The van der Waals surface area contributed by atoms with Crippen LogP contribution < -0.4 is 5.73 Å². The lowest BCUT2D eigenvalue weighted by Crippen LogP contribution is -2.02. The Morgan fingerprint density at radius 1 is 1.64 bits per heavy atom. The maximum absolute atomic E-state index is 12.8. The first-order valence-corrected chi connectivity index (χ1v) is 3.66. The van der Waals surface area contributed by atoms with Crippen molar-refractivity contribution in [1.29, 1.82) is 5.26 Å². The molecular formula is C8H6FN3O2. The number of anilines is 1. The quantitative estimate of drug-likeness (QED) is 0.438. The van der Waals surface area contributed by atoms with Crippen LogP contribution in [-0.2, 0) is 6.42 Å². The lowest BCUT2D eigenvalue weighted by Gasteiger charge is -2.02. The minimum Gasteiger partial charge on any atom is -0.391 e. The zero-order valence-electron chi connectivity index (χ0n) is 7.03. The molecule has 5 nitrogen and oxygen atoms in total. The molecule has 0 amide bonds. The number of nitro groups is 1. The molecule has 6 heteroatoms. The minimum absolute atomic E-state index is 0.122. The van der Waals surface area contributed by atoms with E-state index in [0.717, 1.165) is 6.07 Å². The van der Waals surface area contributed by atoms with Crippen LogP contribution in [0.2, 0.25) is 0 Å². The van der Waals surface area contributed by atoms with Gasteiger partial charge in [0.1, 0.15) is 5.69 Å². The van der Waals surface area contributed by atoms with Crippen molar-refractivity contribution >= 4 is 11.4 Å². The number of nitrogens with zero attached hydrogens (tertiary/aromatic N) is 2. The highest BCUT2D eigenvalue weighted by Crippen LogP contribution is 2.28. The van der Waals surface area contributed by atoms with Crippen molar-refractivity contribution in [2.75, 3.05) is 5.73 Å². The number of halogens is 1. The summed E-state index contributed by atoms with van der Waals surface area (Å²) in [5, 5.41) is 18.9. The third-order valence-electron chi connectivity index (χ3n) is 1.70. The highest BCUT2D eigenvalue weighted by atomic mass is 19.1. The molecule has 0 aliphatic heterocycles. The van der Waals surface area contributed by atoms with Gasteiger partial charge in [-0.25, -0.2) is 4.39 Å². The summed E-state index contributed by atoms with van der Waals surface area (Å²) in [7, 11) is 0. The fourth-order valence-corrected chi connectivity index (χ4v) is 1.07. The Hall–Kier alpha value is -2.16. The molecular weight excluding hydrogens is 189 g/mol. The number of nitro benzene ring substituents is 1. The average Bonchev–Trinajstić information content (AvgIpc) is 2.11. The number of hydrogen-bond acceptors (Lipinski definition) is 4. The van der Waals surface area contributed by atoms with Crippen LogP contribution in [0.5, 0.6) is 0 Å². The molecule has 0 spiro atoms. The largest absolute Gasteiger partial charge is 0.391 e. The lowest BCUT2D eigenvalue weighted by molar-refractivity contribution is -0.384. The first-order chi connectivity index (χ1) is 6.57. The summed E-state index contributed by atoms with van der Waals surface area (Å²) >= 11 is 0. The molecule has 1 aromatic carbocycles. The standard InChI is InChI=1S/C8H6FN3O2/c9-6-2-1-5(3-4-10)8(7(6)11)12(13)14/h1-2H,3,11H2. The van der Waals surface area contributed by atoms with Crippen molar-refractivity contribution in [1.82, 2.24) is 0 Å². The molecule has 0 atom stereocenters. The van der Waals surface area contributed by atoms with Gasteiger partial charge < -0.3 is 5.73 Å². The zero-order valence-corrected chi connectivity index (χ0v) is 7.03. The third-order valence-corrected chi connectivity index (χ3v) is 1.70. The van der Waals surface area contributed by atoms with Crippen LogP contribution in [0.1, 0.15) is 5.56 Å². The molecule has 0 aromatic heterocycles. The monoisotopic (exact) mass is 195 g/mol. The molecule has 0 fully saturated rings. The van der Waals surface area contributed by atoms with Gasteiger partial charge in [-0.15, -0.1) is 0 Å². The van der Waals surface area contributed by atoms with Crippen molar-refractivity contribution in [2.24, 2.45) is 0 Å². The van der Waals surface area contributed by atoms with Gasteiger partial charge in [-0.3, -0.25) is 10.1 Å². The van der Waals surface area contributed by atoms with Gasteiger partial charge in [-0.2, -0.15) is 5.26 Å². The van der Waals surface area contributed by atoms with E-state index < -0.39 is 22.1 Å². The summed E-state index contributed by atoms with van der Waals surface area (Å²) in [6, 6.07) is 3.94. The van der Waals surface area contributed by atoms with Gasteiger partial charge in [0.2, 0.25) is 0 Å². The van der Waals surface area contributed by atoms with Crippen LogP contribution in [0.3, 0.4) is 0 Å². The van der Waals surface area contributed by atoms with Crippen LogP contribution in [-0.4, -0.2) is 4.92 Å². The Morgan fingerprint density at radius 2 is 2.29 bits per heavy atom. The molecule has 1 aromatic rings. The Morgan fingerprint density at radius 3 is 2.79 bits per heavy atom. The van der Waals surface area contributed by atoms with Gasteiger partial charge in [0.05, 0.1) is 17.4 Å². The number of nitrogens with two attached hydrogens (primary N) is 1. The SMILES string of the molecule is N#CCc1ccc(F)c(N)c1[N+](=O)[O-]. The van der Waals surface area contributed by atoms with E-state index in [1.807, 2.05) is 0 Å². The molecule has 14 heavy (non-hydrogen) atoms. The molecule has 0 aliphatic carbocycles. The molecule has 0 unspecified atom stereocenters. The molecule has 0 saturated carbocycles. The van der Waals surface area contributed by atoms with Crippen molar-refractivity contribution in [2.45, 2.75) is 6.42 Å². The second kappa shape index (κ2) is 3.70. The van der Waals surface area contributed by atoms with E-state index >= 15 is 0 Å². The van der Waals surface area contributed by atoms with Gasteiger partial charge in [-0.05, 0) is 12.1 Å². The highest BCUT2D eigenvalue weighted by Gasteiger charge is 2.20. The molecule has 72 valence electrons. The number of nitriles is 1. The summed E-state index contributed by atoms with van der Waals surface area (Å²) < 4.78 is 12.8. The summed E-state index contributed by atoms with van der Waals surface area (Å²) in [5.41, 5.74) is 4.26. The highest BCUT2D eigenvalue weighted by molar-refractivity contribution is 5.63. The zero-order chi connectivity index (χ0) is 10.7. The normalized spacial score (nSPS) is 9.43. The molecule has 0 radical (unpaired) electrons.